The highest BCUT2D eigenvalue weighted by Gasteiger charge is 2.09. The van der Waals surface area contributed by atoms with Gasteiger partial charge < -0.3 is 5.32 Å². The number of aromatic nitrogens is 1. The van der Waals surface area contributed by atoms with E-state index in [1.807, 2.05) is 66.7 Å². The van der Waals surface area contributed by atoms with E-state index in [-0.39, 0.29) is 5.91 Å². The van der Waals surface area contributed by atoms with E-state index in [0.717, 1.165) is 32.4 Å². The van der Waals surface area contributed by atoms with Gasteiger partial charge in [-0.1, -0.05) is 25.1 Å². The molecule has 27 heavy (non-hydrogen) atoms. The maximum absolute atomic E-state index is 12.5. The van der Waals surface area contributed by atoms with Gasteiger partial charge in [-0.2, -0.15) is 0 Å². The molecule has 0 aliphatic carbocycles. The molecular formula is C22H18N2OS2. The van der Waals surface area contributed by atoms with Crippen molar-refractivity contribution >= 4 is 44.9 Å². The van der Waals surface area contributed by atoms with Crippen LogP contribution in [0.1, 0.15) is 17.3 Å². The van der Waals surface area contributed by atoms with E-state index < -0.39 is 0 Å². The van der Waals surface area contributed by atoms with Crippen molar-refractivity contribution in [3.8, 4) is 10.6 Å². The van der Waals surface area contributed by atoms with Crippen LogP contribution in [0.5, 0.6) is 0 Å². The van der Waals surface area contributed by atoms with Crippen LogP contribution in [0.4, 0.5) is 5.69 Å². The first-order chi connectivity index (χ1) is 13.2. The van der Waals surface area contributed by atoms with Crippen LogP contribution in [0.2, 0.25) is 0 Å². The van der Waals surface area contributed by atoms with Crippen LogP contribution in [-0.2, 0) is 0 Å². The third kappa shape index (κ3) is 4.04. The molecule has 134 valence electrons. The van der Waals surface area contributed by atoms with Gasteiger partial charge in [0, 0.05) is 21.7 Å². The SMILES string of the molecule is CCSc1cccc(C(=O)Nc2ccc(-c3nc4ccccc4s3)cc2)c1. The Morgan fingerprint density at radius 2 is 1.85 bits per heavy atom. The van der Waals surface area contributed by atoms with Crippen molar-refractivity contribution in [2.75, 3.05) is 11.1 Å². The number of hydrogen-bond donors (Lipinski definition) is 1. The van der Waals surface area contributed by atoms with E-state index in [1.165, 1.54) is 4.70 Å². The number of para-hydroxylation sites is 1. The van der Waals surface area contributed by atoms with Crippen LogP contribution in [-0.4, -0.2) is 16.6 Å². The zero-order chi connectivity index (χ0) is 18.6. The van der Waals surface area contributed by atoms with E-state index >= 15 is 0 Å². The second-order valence-electron chi connectivity index (χ2n) is 5.98. The lowest BCUT2D eigenvalue weighted by Crippen LogP contribution is -2.11. The van der Waals surface area contributed by atoms with Crippen molar-refractivity contribution in [3.05, 3.63) is 78.4 Å². The summed E-state index contributed by atoms with van der Waals surface area (Å²) in [4.78, 5) is 18.3. The first kappa shape index (κ1) is 17.8. The molecule has 0 fully saturated rings. The Labute approximate surface area is 166 Å². The highest BCUT2D eigenvalue weighted by molar-refractivity contribution is 7.99. The van der Waals surface area contributed by atoms with Crippen LogP contribution >= 0.6 is 23.1 Å². The standard InChI is InChI=1S/C22H18N2OS2/c1-2-26-18-7-5-6-16(14-18)21(25)23-17-12-10-15(11-13-17)22-24-19-8-3-4-9-20(19)27-22/h3-14H,2H2,1H3,(H,23,25). The fraction of sp³-hybridized carbons (Fsp3) is 0.0909. The molecular weight excluding hydrogens is 372 g/mol. The maximum Gasteiger partial charge on any atom is 0.255 e. The second-order valence-corrected chi connectivity index (χ2v) is 8.35. The lowest BCUT2D eigenvalue weighted by molar-refractivity contribution is 0.102. The molecule has 4 rings (SSSR count). The normalized spacial score (nSPS) is 10.9. The summed E-state index contributed by atoms with van der Waals surface area (Å²) in [7, 11) is 0. The summed E-state index contributed by atoms with van der Waals surface area (Å²) in [6.07, 6.45) is 0. The van der Waals surface area contributed by atoms with Crippen LogP contribution in [0.3, 0.4) is 0 Å². The van der Waals surface area contributed by atoms with Gasteiger partial charge in [-0.3, -0.25) is 4.79 Å². The molecule has 0 spiro atoms. The number of benzene rings is 3. The van der Waals surface area contributed by atoms with Crippen molar-refractivity contribution in [1.29, 1.82) is 0 Å². The number of amides is 1. The van der Waals surface area contributed by atoms with Gasteiger partial charge >= 0.3 is 0 Å². The molecule has 1 aromatic heterocycles. The number of thiazole rings is 1. The average Bonchev–Trinajstić information content (AvgIpc) is 3.13. The third-order valence-corrected chi connectivity index (χ3v) is 6.05. The molecule has 4 aromatic rings. The first-order valence-corrected chi connectivity index (χ1v) is 10.5. The number of rotatable bonds is 5. The van der Waals surface area contributed by atoms with E-state index in [0.29, 0.717) is 5.56 Å². The molecule has 0 aliphatic heterocycles. The molecule has 3 aromatic carbocycles. The lowest BCUT2D eigenvalue weighted by Gasteiger charge is -2.07. The molecule has 0 saturated carbocycles. The molecule has 0 aliphatic rings. The van der Waals surface area contributed by atoms with Crippen molar-refractivity contribution in [2.24, 2.45) is 0 Å². The molecule has 1 heterocycles. The Morgan fingerprint density at radius 3 is 2.63 bits per heavy atom. The number of thioether (sulfide) groups is 1. The van der Waals surface area contributed by atoms with Gasteiger partial charge in [-0.15, -0.1) is 23.1 Å². The predicted octanol–water partition coefficient (Wildman–Crippen LogP) is 6.33. The highest BCUT2D eigenvalue weighted by Crippen LogP contribution is 2.30. The predicted molar refractivity (Wildman–Crippen MR) is 116 cm³/mol. The summed E-state index contributed by atoms with van der Waals surface area (Å²) in [6.45, 7) is 2.10. The molecule has 0 unspecified atom stereocenters. The highest BCUT2D eigenvalue weighted by atomic mass is 32.2. The van der Waals surface area contributed by atoms with E-state index in [4.69, 9.17) is 0 Å². The Bertz CT molecular complexity index is 1050. The fourth-order valence-electron chi connectivity index (χ4n) is 2.79. The van der Waals surface area contributed by atoms with Crippen molar-refractivity contribution in [2.45, 2.75) is 11.8 Å². The number of hydrogen-bond acceptors (Lipinski definition) is 4. The summed E-state index contributed by atoms with van der Waals surface area (Å²) in [5.74, 6) is 0.888. The minimum Gasteiger partial charge on any atom is -0.322 e. The zero-order valence-corrected chi connectivity index (χ0v) is 16.4. The van der Waals surface area contributed by atoms with Gasteiger partial charge in [0.15, 0.2) is 0 Å². The first-order valence-electron chi connectivity index (χ1n) is 8.73. The lowest BCUT2D eigenvalue weighted by atomic mass is 10.2. The van der Waals surface area contributed by atoms with Crippen LogP contribution < -0.4 is 5.32 Å². The smallest absolute Gasteiger partial charge is 0.255 e. The minimum absolute atomic E-state index is 0.0960. The van der Waals surface area contributed by atoms with E-state index in [2.05, 4.69) is 23.3 Å². The van der Waals surface area contributed by atoms with Gasteiger partial charge in [0.1, 0.15) is 5.01 Å². The molecule has 0 saturated heterocycles. The molecule has 1 N–H and O–H groups in total. The Kier molecular flexibility index (Phi) is 5.23. The third-order valence-electron chi connectivity index (χ3n) is 4.09. The number of carbonyl (C=O) groups excluding carboxylic acids is 1. The second kappa shape index (κ2) is 7.94. The van der Waals surface area contributed by atoms with E-state index in [1.54, 1.807) is 23.1 Å². The Morgan fingerprint density at radius 1 is 1.04 bits per heavy atom. The van der Waals surface area contributed by atoms with Gasteiger partial charge in [0.25, 0.3) is 5.91 Å². The molecule has 0 atom stereocenters. The number of carbonyl (C=O) groups is 1. The Hall–Kier alpha value is -2.63. The van der Waals surface area contributed by atoms with Gasteiger partial charge in [0.2, 0.25) is 0 Å². The zero-order valence-electron chi connectivity index (χ0n) is 14.8. The molecule has 0 radical (unpaired) electrons. The molecule has 0 bridgehead atoms. The summed E-state index contributed by atoms with van der Waals surface area (Å²) in [6, 6.07) is 23.7. The number of nitrogens with one attached hydrogen (secondary N) is 1. The minimum atomic E-state index is -0.0960. The van der Waals surface area contributed by atoms with Crippen molar-refractivity contribution < 1.29 is 4.79 Å². The quantitative estimate of drug-likeness (QED) is 0.405. The molecule has 3 nitrogen and oxygen atoms in total. The number of fused-ring (bicyclic) bond motifs is 1. The van der Waals surface area contributed by atoms with Crippen molar-refractivity contribution in [3.63, 3.8) is 0 Å². The molecule has 5 heteroatoms. The van der Waals surface area contributed by atoms with Crippen molar-refractivity contribution in [1.82, 2.24) is 4.98 Å². The van der Waals surface area contributed by atoms with Crippen LogP contribution in [0.15, 0.2) is 77.7 Å². The average molecular weight is 391 g/mol. The summed E-state index contributed by atoms with van der Waals surface area (Å²) in [5.41, 5.74) is 3.51. The van der Waals surface area contributed by atoms with E-state index in [9.17, 15) is 4.79 Å². The Balaban J connectivity index is 1.50. The molecule has 1 amide bonds. The summed E-state index contributed by atoms with van der Waals surface area (Å²) < 4.78 is 1.18. The summed E-state index contributed by atoms with van der Waals surface area (Å²) >= 11 is 3.40. The van der Waals surface area contributed by atoms with Gasteiger partial charge in [0.05, 0.1) is 10.2 Å². The van der Waals surface area contributed by atoms with Crippen LogP contribution in [0.25, 0.3) is 20.8 Å². The largest absolute Gasteiger partial charge is 0.322 e. The van der Waals surface area contributed by atoms with Gasteiger partial charge in [-0.05, 0) is 60.4 Å². The van der Waals surface area contributed by atoms with Gasteiger partial charge in [-0.25, -0.2) is 4.98 Å². The summed E-state index contributed by atoms with van der Waals surface area (Å²) in [5, 5.41) is 3.95. The van der Waals surface area contributed by atoms with Crippen LogP contribution in [0, 0.1) is 0 Å². The number of nitrogens with zero attached hydrogens (tertiary/aromatic N) is 1. The fourth-order valence-corrected chi connectivity index (χ4v) is 4.48. The monoisotopic (exact) mass is 390 g/mol. The number of anilines is 1. The topological polar surface area (TPSA) is 42.0 Å². The maximum atomic E-state index is 12.5.